The third kappa shape index (κ3) is 2.89. The number of guanidine groups is 1. The van der Waals surface area contributed by atoms with E-state index >= 15 is 0 Å². The Kier molecular flexibility index (Phi) is 4.54. The second kappa shape index (κ2) is 6.64. The molecule has 0 aliphatic carbocycles. The van der Waals surface area contributed by atoms with Gasteiger partial charge in [-0.1, -0.05) is 24.3 Å². The number of carbonyl (C=O) groups excluding carboxylic acids is 1. The van der Waals surface area contributed by atoms with Crippen molar-refractivity contribution in [2.45, 2.75) is 0 Å². The Hall–Kier alpha value is -2.74. The Bertz CT molecular complexity index is 884. The fourth-order valence-corrected chi connectivity index (χ4v) is 3.11. The molecule has 0 saturated heterocycles. The van der Waals surface area contributed by atoms with Crippen LogP contribution < -0.4 is 9.80 Å². The first-order valence-corrected chi connectivity index (χ1v) is 7.61. The first-order valence-electron chi connectivity index (χ1n) is 7.61. The van der Waals surface area contributed by atoms with Crippen molar-refractivity contribution in [3.63, 3.8) is 0 Å². The van der Waals surface area contributed by atoms with Crippen LogP contribution in [0.1, 0.15) is 10.4 Å². The summed E-state index contributed by atoms with van der Waals surface area (Å²) in [7, 11) is 0. The number of aliphatic imine (C=N–C) groups is 1. The molecule has 0 saturated carbocycles. The molecule has 25 heavy (non-hydrogen) atoms. The normalized spacial score (nSPS) is 14.5. The number of Topliss-reactive ketones (excluding diaryl/α,β-unsaturated/α-hetero) is 1. The van der Waals surface area contributed by atoms with E-state index in [4.69, 9.17) is 0 Å². The number of nitro benzene ring substituents is 1. The molecular formula is C17H15BrN4O3. The first kappa shape index (κ1) is 17.1. The molecule has 8 heteroatoms. The zero-order chi connectivity index (χ0) is 16.7. The Balaban J connectivity index is 0.00000182. The molecule has 0 fully saturated rings. The molecule has 2 aromatic carbocycles. The number of rotatable bonds is 4. The van der Waals surface area contributed by atoms with E-state index in [2.05, 4.69) is 9.89 Å². The predicted molar refractivity (Wildman–Crippen MR) is 101 cm³/mol. The zero-order valence-electron chi connectivity index (χ0n) is 13.2. The van der Waals surface area contributed by atoms with Gasteiger partial charge < -0.3 is 9.80 Å². The summed E-state index contributed by atoms with van der Waals surface area (Å²) in [5.41, 5.74) is 2.23. The number of halogens is 1. The van der Waals surface area contributed by atoms with E-state index < -0.39 is 4.92 Å². The Morgan fingerprint density at radius 2 is 1.92 bits per heavy atom. The fourth-order valence-electron chi connectivity index (χ4n) is 3.11. The van der Waals surface area contributed by atoms with Crippen LogP contribution >= 0.6 is 17.0 Å². The number of ketones is 1. The summed E-state index contributed by atoms with van der Waals surface area (Å²) < 4.78 is 0. The number of hydrogen-bond donors (Lipinski definition) is 0. The largest absolute Gasteiger partial charge is 0.308 e. The number of non-ortho nitro benzene ring substituents is 1. The molecule has 2 aliphatic heterocycles. The van der Waals surface area contributed by atoms with E-state index in [1.54, 1.807) is 6.07 Å². The highest BCUT2D eigenvalue weighted by atomic mass is 79.9. The van der Waals surface area contributed by atoms with Crippen LogP contribution in [0.15, 0.2) is 53.5 Å². The summed E-state index contributed by atoms with van der Waals surface area (Å²) in [6.45, 7) is 1.60. The van der Waals surface area contributed by atoms with E-state index in [1.165, 1.54) is 18.2 Å². The lowest BCUT2D eigenvalue weighted by Crippen LogP contribution is -2.38. The van der Waals surface area contributed by atoms with Crippen molar-refractivity contribution in [1.82, 2.24) is 0 Å². The molecular weight excluding hydrogens is 388 g/mol. The van der Waals surface area contributed by atoms with Gasteiger partial charge in [0.05, 0.1) is 29.4 Å². The van der Waals surface area contributed by atoms with E-state index in [9.17, 15) is 14.9 Å². The summed E-state index contributed by atoms with van der Waals surface area (Å²) in [6.07, 6.45) is 0. The maximum atomic E-state index is 12.6. The van der Waals surface area contributed by atoms with Crippen LogP contribution in [0, 0.1) is 10.1 Å². The maximum Gasteiger partial charge on any atom is 0.270 e. The smallest absolute Gasteiger partial charge is 0.270 e. The van der Waals surface area contributed by atoms with Gasteiger partial charge in [0.1, 0.15) is 0 Å². The Morgan fingerprint density at radius 1 is 1.16 bits per heavy atom. The van der Waals surface area contributed by atoms with Gasteiger partial charge in [-0.3, -0.25) is 19.9 Å². The van der Waals surface area contributed by atoms with Crippen LogP contribution in [0.25, 0.3) is 0 Å². The van der Waals surface area contributed by atoms with Crippen molar-refractivity contribution in [2.75, 3.05) is 29.4 Å². The SMILES string of the molecule is Br.O=C(CN1C2=NCCN2c2ccccc21)c1cccc([N+](=O)[O-])c1. The van der Waals surface area contributed by atoms with Crippen LogP contribution in [0.5, 0.6) is 0 Å². The van der Waals surface area contributed by atoms with Gasteiger partial charge >= 0.3 is 0 Å². The molecule has 0 aromatic heterocycles. The molecule has 4 rings (SSSR count). The van der Waals surface area contributed by atoms with Gasteiger partial charge in [-0.25, -0.2) is 0 Å². The minimum Gasteiger partial charge on any atom is -0.308 e. The van der Waals surface area contributed by atoms with Gasteiger partial charge in [-0.2, -0.15) is 0 Å². The molecule has 7 nitrogen and oxygen atoms in total. The maximum absolute atomic E-state index is 12.6. The summed E-state index contributed by atoms with van der Waals surface area (Å²) in [4.78, 5) is 31.5. The summed E-state index contributed by atoms with van der Waals surface area (Å²) in [5.74, 6) is 0.597. The van der Waals surface area contributed by atoms with Crippen molar-refractivity contribution < 1.29 is 9.72 Å². The zero-order valence-corrected chi connectivity index (χ0v) is 14.9. The molecule has 0 radical (unpaired) electrons. The molecule has 2 aromatic rings. The summed E-state index contributed by atoms with van der Waals surface area (Å²) in [6, 6.07) is 13.7. The van der Waals surface area contributed by atoms with Gasteiger partial charge in [0.25, 0.3) is 5.69 Å². The minimum atomic E-state index is -0.495. The highest BCUT2D eigenvalue weighted by Gasteiger charge is 2.36. The highest BCUT2D eigenvalue weighted by molar-refractivity contribution is 8.93. The van der Waals surface area contributed by atoms with Crippen molar-refractivity contribution in [3.05, 3.63) is 64.2 Å². The number of para-hydroxylation sites is 2. The number of nitro groups is 1. The van der Waals surface area contributed by atoms with Gasteiger partial charge in [0, 0.05) is 24.2 Å². The first-order chi connectivity index (χ1) is 11.6. The molecule has 128 valence electrons. The van der Waals surface area contributed by atoms with Gasteiger partial charge in [0.15, 0.2) is 5.78 Å². The van der Waals surface area contributed by atoms with Crippen LogP contribution in [0.3, 0.4) is 0 Å². The lowest BCUT2D eigenvalue weighted by atomic mass is 10.1. The van der Waals surface area contributed by atoms with E-state index in [-0.39, 0.29) is 35.0 Å². The molecule has 0 amide bonds. The average Bonchev–Trinajstić information content (AvgIpc) is 3.18. The molecule has 2 heterocycles. The number of benzene rings is 2. The second-order valence-electron chi connectivity index (χ2n) is 5.64. The second-order valence-corrected chi connectivity index (χ2v) is 5.64. The molecule has 2 aliphatic rings. The van der Waals surface area contributed by atoms with Gasteiger partial charge in [0.2, 0.25) is 5.96 Å². The predicted octanol–water partition coefficient (Wildman–Crippen LogP) is 3.05. The van der Waals surface area contributed by atoms with Gasteiger partial charge in [-0.15, -0.1) is 17.0 Å². The molecule has 0 atom stereocenters. The third-order valence-electron chi connectivity index (χ3n) is 4.20. The number of fused-ring (bicyclic) bond motifs is 3. The van der Waals surface area contributed by atoms with E-state index in [1.807, 2.05) is 29.2 Å². The topological polar surface area (TPSA) is 79.0 Å². The van der Waals surface area contributed by atoms with E-state index in [0.29, 0.717) is 12.1 Å². The highest BCUT2D eigenvalue weighted by Crippen LogP contribution is 2.38. The van der Waals surface area contributed by atoms with Crippen molar-refractivity contribution >= 4 is 45.8 Å². The van der Waals surface area contributed by atoms with Crippen LogP contribution in [0.4, 0.5) is 17.1 Å². The fraction of sp³-hybridized carbons (Fsp3) is 0.176. The number of carbonyl (C=O) groups is 1. The lowest BCUT2D eigenvalue weighted by molar-refractivity contribution is -0.384. The molecule has 0 spiro atoms. The van der Waals surface area contributed by atoms with Crippen molar-refractivity contribution in [3.8, 4) is 0 Å². The van der Waals surface area contributed by atoms with Crippen molar-refractivity contribution in [1.29, 1.82) is 0 Å². The Morgan fingerprint density at radius 3 is 2.68 bits per heavy atom. The van der Waals surface area contributed by atoms with Crippen LogP contribution in [-0.4, -0.2) is 36.3 Å². The average molecular weight is 403 g/mol. The number of anilines is 2. The summed E-state index contributed by atoms with van der Waals surface area (Å²) >= 11 is 0. The molecule has 0 N–H and O–H groups in total. The molecule has 0 bridgehead atoms. The van der Waals surface area contributed by atoms with Crippen LogP contribution in [0.2, 0.25) is 0 Å². The minimum absolute atomic E-state index is 0. The quantitative estimate of drug-likeness (QED) is 0.446. The molecule has 0 unspecified atom stereocenters. The monoisotopic (exact) mass is 402 g/mol. The van der Waals surface area contributed by atoms with E-state index in [0.717, 1.165) is 23.9 Å². The van der Waals surface area contributed by atoms with Gasteiger partial charge in [-0.05, 0) is 12.1 Å². The standard InChI is InChI=1S/C17H14N4O3.BrH/c22-16(12-4-3-5-13(10-12)21(23)24)11-20-15-7-2-1-6-14(15)19-9-8-18-17(19)20;/h1-7,10H,8-9,11H2;1H. The third-order valence-corrected chi connectivity index (χ3v) is 4.20. The van der Waals surface area contributed by atoms with Crippen molar-refractivity contribution in [2.24, 2.45) is 4.99 Å². The number of hydrogen-bond acceptors (Lipinski definition) is 6. The summed E-state index contributed by atoms with van der Waals surface area (Å²) in [5, 5.41) is 10.9. The Labute approximate surface area is 154 Å². The van der Waals surface area contributed by atoms with Crippen LogP contribution in [-0.2, 0) is 0 Å². The number of nitrogens with zero attached hydrogens (tertiary/aromatic N) is 4. The lowest BCUT2D eigenvalue weighted by Gasteiger charge is -2.18.